The highest BCUT2D eigenvalue weighted by Gasteiger charge is 2.19. The van der Waals surface area contributed by atoms with E-state index >= 15 is 0 Å². The number of carbonyl (C=O) groups is 1. The Kier molecular flexibility index (Phi) is 5.21. The summed E-state index contributed by atoms with van der Waals surface area (Å²) in [5, 5.41) is 13.4. The molecular formula is C23H22N2O6. The number of aromatic hydroxyl groups is 1. The standard InChI is InChI=1S/C23H22N2O6/c26-16-5-3-14-10-18(22(27)24-13-17-2-1-7-28-17)23(31-20(14)12-16)25-15-4-6-19-21(11-15)30-9-8-29-19/h3-6,10-12,17,26H,1-2,7-9,13H2,(H,24,27)/t17-/m1/s1. The van der Waals surface area contributed by atoms with Crippen molar-refractivity contribution in [1.82, 2.24) is 5.32 Å². The number of nitrogens with one attached hydrogen (secondary N) is 1. The second kappa shape index (κ2) is 8.31. The lowest BCUT2D eigenvalue weighted by molar-refractivity contribution is 0.0854. The molecule has 0 bridgehead atoms. The lowest BCUT2D eigenvalue weighted by Crippen LogP contribution is -2.34. The zero-order chi connectivity index (χ0) is 21.2. The Morgan fingerprint density at radius 1 is 1.06 bits per heavy atom. The molecule has 8 nitrogen and oxygen atoms in total. The van der Waals surface area contributed by atoms with Gasteiger partial charge in [0, 0.05) is 30.7 Å². The van der Waals surface area contributed by atoms with E-state index in [-0.39, 0.29) is 23.3 Å². The Hall–Kier alpha value is -3.52. The van der Waals surface area contributed by atoms with Crippen molar-refractivity contribution in [3.63, 3.8) is 0 Å². The normalized spacial score (nSPS) is 18.3. The molecule has 8 heteroatoms. The van der Waals surface area contributed by atoms with Crippen LogP contribution in [0.4, 0.5) is 5.69 Å². The molecule has 2 aromatic carbocycles. The number of fused-ring (bicyclic) bond motifs is 2. The zero-order valence-electron chi connectivity index (χ0n) is 16.8. The van der Waals surface area contributed by atoms with Crippen LogP contribution in [0, 0.1) is 0 Å². The molecule has 0 saturated carbocycles. The SMILES string of the molecule is O=C(NC[C@H]1CCCO1)c1cc2ccc(O)cc2oc1=Nc1ccc2c(c1)OCCO2. The van der Waals surface area contributed by atoms with Crippen molar-refractivity contribution >= 4 is 22.6 Å². The Labute approximate surface area is 178 Å². The van der Waals surface area contributed by atoms with Gasteiger partial charge in [-0.1, -0.05) is 0 Å². The van der Waals surface area contributed by atoms with Gasteiger partial charge in [0.1, 0.15) is 30.1 Å². The number of benzene rings is 2. The van der Waals surface area contributed by atoms with E-state index in [0.717, 1.165) is 19.4 Å². The fraction of sp³-hybridized carbons (Fsp3) is 0.304. The van der Waals surface area contributed by atoms with Crippen LogP contribution in [0.2, 0.25) is 0 Å². The van der Waals surface area contributed by atoms with Crippen LogP contribution in [0.1, 0.15) is 23.2 Å². The number of hydrogen-bond acceptors (Lipinski definition) is 7. The molecule has 1 aromatic heterocycles. The highest BCUT2D eigenvalue weighted by Crippen LogP contribution is 2.33. The van der Waals surface area contributed by atoms with E-state index in [2.05, 4.69) is 10.3 Å². The van der Waals surface area contributed by atoms with E-state index in [1.54, 1.807) is 36.4 Å². The first-order valence-corrected chi connectivity index (χ1v) is 10.3. The summed E-state index contributed by atoms with van der Waals surface area (Å²) in [5.41, 5.74) is 1.42. The predicted octanol–water partition coefficient (Wildman–Crippen LogP) is 3.05. The maximum Gasteiger partial charge on any atom is 0.256 e. The third kappa shape index (κ3) is 4.20. The summed E-state index contributed by atoms with van der Waals surface area (Å²) in [6, 6.07) is 11.7. The third-order valence-electron chi connectivity index (χ3n) is 5.25. The molecule has 2 aliphatic heterocycles. The summed E-state index contributed by atoms with van der Waals surface area (Å²) in [7, 11) is 0. The second-order valence-electron chi connectivity index (χ2n) is 7.47. The molecule has 31 heavy (non-hydrogen) atoms. The van der Waals surface area contributed by atoms with Gasteiger partial charge in [-0.3, -0.25) is 4.79 Å². The number of carbonyl (C=O) groups excluding carboxylic acids is 1. The van der Waals surface area contributed by atoms with Crippen molar-refractivity contribution < 1.29 is 28.5 Å². The monoisotopic (exact) mass is 422 g/mol. The number of phenols is 1. The Bertz CT molecular complexity index is 1200. The first-order chi connectivity index (χ1) is 15.2. The summed E-state index contributed by atoms with van der Waals surface area (Å²) < 4.78 is 22.7. The van der Waals surface area contributed by atoms with Gasteiger partial charge in [-0.15, -0.1) is 0 Å². The van der Waals surface area contributed by atoms with Gasteiger partial charge in [0.2, 0.25) is 5.55 Å². The molecule has 1 fully saturated rings. The van der Waals surface area contributed by atoms with Crippen molar-refractivity contribution in [2.24, 2.45) is 4.99 Å². The van der Waals surface area contributed by atoms with Crippen LogP contribution < -0.4 is 20.3 Å². The molecular weight excluding hydrogens is 400 g/mol. The molecule has 1 amide bonds. The van der Waals surface area contributed by atoms with E-state index < -0.39 is 0 Å². The van der Waals surface area contributed by atoms with Gasteiger partial charge in [-0.25, -0.2) is 4.99 Å². The molecule has 0 spiro atoms. The van der Waals surface area contributed by atoms with Crippen molar-refractivity contribution in [3.8, 4) is 17.2 Å². The Morgan fingerprint density at radius 3 is 2.77 bits per heavy atom. The molecule has 2 N–H and O–H groups in total. The molecule has 0 radical (unpaired) electrons. The average Bonchev–Trinajstić information content (AvgIpc) is 3.30. The van der Waals surface area contributed by atoms with Crippen LogP contribution in [-0.2, 0) is 4.74 Å². The topological polar surface area (TPSA) is 103 Å². The van der Waals surface area contributed by atoms with Crippen LogP contribution in [0.5, 0.6) is 17.2 Å². The van der Waals surface area contributed by atoms with Gasteiger partial charge in [0.25, 0.3) is 5.91 Å². The summed E-state index contributed by atoms with van der Waals surface area (Å²) in [6.07, 6.45) is 1.95. The lowest BCUT2D eigenvalue weighted by atomic mass is 10.1. The second-order valence-corrected chi connectivity index (χ2v) is 7.47. The first-order valence-electron chi connectivity index (χ1n) is 10.3. The smallest absolute Gasteiger partial charge is 0.256 e. The van der Waals surface area contributed by atoms with Gasteiger partial charge >= 0.3 is 0 Å². The Morgan fingerprint density at radius 2 is 1.94 bits per heavy atom. The molecule has 2 aliphatic rings. The van der Waals surface area contributed by atoms with E-state index in [0.29, 0.717) is 53.5 Å². The van der Waals surface area contributed by atoms with Crippen LogP contribution >= 0.6 is 0 Å². The summed E-state index contributed by atoms with van der Waals surface area (Å²) in [6.45, 7) is 2.12. The third-order valence-corrected chi connectivity index (χ3v) is 5.25. The predicted molar refractivity (Wildman–Crippen MR) is 112 cm³/mol. The number of hydrogen-bond donors (Lipinski definition) is 2. The van der Waals surface area contributed by atoms with Gasteiger partial charge in [-0.05, 0) is 43.2 Å². The molecule has 5 rings (SSSR count). The van der Waals surface area contributed by atoms with Crippen molar-refractivity contribution in [2.75, 3.05) is 26.4 Å². The number of phenolic OH excluding ortho intramolecular Hbond substituents is 1. The van der Waals surface area contributed by atoms with E-state index in [1.165, 1.54) is 6.07 Å². The van der Waals surface area contributed by atoms with Gasteiger partial charge < -0.3 is 29.1 Å². The summed E-state index contributed by atoms with van der Waals surface area (Å²) in [5.74, 6) is 1.01. The quantitative estimate of drug-likeness (QED) is 0.670. The molecule has 0 unspecified atom stereocenters. The fourth-order valence-corrected chi connectivity index (χ4v) is 3.68. The highest BCUT2D eigenvalue weighted by atomic mass is 16.6. The van der Waals surface area contributed by atoms with Gasteiger partial charge in [0.05, 0.1) is 11.8 Å². The number of amides is 1. The van der Waals surface area contributed by atoms with E-state index in [9.17, 15) is 9.90 Å². The maximum atomic E-state index is 13.0. The van der Waals surface area contributed by atoms with Crippen LogP contribution in [0.15, 0.2) is 51.9 Å². The molecule has 1 atom stereocenters. The van der Waals surface area contributed by atoms with Crippen molar-refractivity contribution in [3.05, 3.63) is 53.6 Å². The Balaban J connectivity index is 1.55. The molecule has 3 heterocycles. The molecule has 3 aromatic rings. The zero-order valence-corrected chi connectivity index (χ0v) is 16.8. The van der Waals surface area contributed by atoms with Crippen LogP contribution in [0.25, 0.3) is 11.0 Å². The number of rotatable bonds is 4. The van der Waals surface area contributed by atoms with Crippen LogP contribution in [0.3, 0.4) is 0 Å². The molecule has 160 valence electrons. The molecule has 0 aliphatic carbocycles. The average molecular weight is 422 g/mol. The fourth-order valence-electron chi connectivity index (χ4n) is 3.68. The van der Waals surface area contributed by atoms with Gasteiger partial charge in [0.15, 0.2) is 11.5 Å². The van der Waals surface area contributed by atoms with E-state index in [1.807, 2.05) is 0 Å². The summed E-state index contributed by atoms with van der Waals surface area (Å²) in [4.78, 5) is 17.5. The first kappa shape index (κ1) is 19.4. The lowest BCUT2D eigenvalue weighted by Gasteiger charge is -2.18. The maximum absolute atomic E-state index is 13.0. The summed E-state index contributed by atoms with van der Waals surface area (Å²) >= 11 is 0. The molecule has 1 saturated heterocycles. The highest BCUT2D eigenvalue weighted by molar-refractivity contribution is 5.96. The minimum atomic E-state index is -0.300. The van der Waals surface area contributed by atoms with Crippen molar-refractivity contribution in [1.29, 1.82) is 0 Å². The number of ether oxygens (including phenoxy) is 3. The van der Waals surface area contributed by atoms with E-state index in [4.69, 9.17) is 18.6 Å². The minimum Gasteiger partial charge on any atom is -0.508 e. The largest absolute Gasteiger partial charge is 0.508 e. The van der Waals surface area contributed by atoms with Gasteiger partial charge in [-0.2, -0.15) is 0 Å². The van der Waals surface area contributed by atoms with Crippen LogP contribution in [-0.4, -0.2) is 43.5 Å². The number of nitrogens with zero attached hydrogens (tertiary/aromatic N) is 1. The minimum absolute atomic E-state index is 0.0245. The van der Waals surface area contributed by atoms with Crippen molar-refractivity contribution in [2.45, 2.75) is 18.9 Å².